The zero-order valence-corrected chi connectivity index (χ0v) is 14.4. The van der Waals surface area contributed by atoms with E-state index in [-0.39, 0.29) is 23.4 Å². The molecular weight excluding hydrogens is 322 g/mol. The molecule has 0 radical (unpaired) electrons. The van der Waals surface area contributed by atoms with Gasteiger partial charge in [0.05, 0.1) is 35.9 Å². The van der Waals surface area contributed by atoms with Crippen molar-refractivity contribution < 1.29 is 14.3 Å². The second kappa shape index (κ2) is 5.64. The maximum Gasteiger partial charge on any atom is 0.261 e. The van der Waals surface area contributed by atoms with E-state index in [2.05, 4.69) is 4.98 Å². The third-order valence-electron chi connectivity index (χ3n) is 4.89. The molecule has 0 saturated carbocycles. The normalized spacial score (nSPS) is 21.3. The summed E-state index contributed by atoms with van der Waals surface area (Å²) in [5, 5.41) is 0.522. The lowest BCUT2D eigenvalue weighted by Gasteiger charge is -2.54. The van der Waals surface area contributed by atoms with Crippen LogP contribution in [-0.4, -0.2) is 52.4 Å². The van der Waals surface area contributed by atoms with Crippen LogP contribution in [0.1, 0.15) is 13.8 Å². The van der Waals surface area contributed by atoms with E-state index in [0.717, 1.165) is 0 Å². The molecule has 3 heterocycles. The second-order valence-corrected chi connectivity index (χ2v) is 7.42. The highest BCUT2D eigenvalue weighted by molar-refractivity contribution is 5.79. The summed E-state index contributed by atoms with van der Waals surface area (Å²) in [6, 6.07) is 7.14. The van der Waals surface area contributed by atoms with Crippen molar-refractivity contribution in [3.05, 3.63) is 40.9 Å². The van der Waals surface area contributed by atoms with E-state index in [9.17, 15) is 9.59 Å². The average molecular weight is 343 g/mol. The summed E-state index contributed by atoms with van der Waals surface area (Å²) in [6.07, 6.45) is 1.44. The average Bonchev–Trinajstić information content (AvgIpc) is 2.56. The van der Waals surface area contributed by atoms with Crippen LogP contribution >= 0.6 is 0 Å². The predicted octanol–water partition coefficient (Wildman–Crippen LogP) is 1.01. The Kier molecular flexibility index (Phi) is 3.66. The molecule has 1 spiro atoms. The number of hydrogen-bond donors (Lipinski definition) is 0. The van der Waals surface area contributed by atoms with Crippen molar-refractivity contribution >= 4 is 16.8 Å². The number of aromatic nitrogens is 2. The van der Waals surface area contributed by atoms with E-state index in [4.69, 9.17) is 9.47 Å². The molecule has 4 rings (SSSR count). The summed E-state index contributed by atoms with van der Waals surface area (Å²) < 4.78 is 12.8. The molecule has 7 nitrogen and oxygen atoms in total. The summed E-state index contributed by atoms with van der Waals surface area (Å²) >= 11 is 0. The standard InChI is InChI=1S/C18H21N3O4/c1-17(2)24-10-18(11-25-17)8-21(9-18)15(22)7-20-12-19-14-6-4-3-5-13(14)16(20)23/h3-6,12H,7-11H2,1-2H3. The smallest absolute Gasteiger partial charge is 0.261 e. The van der Waals surface area contributed by atoms with Gasteiger partial charge < -0.3 is 14.4 Å². The Morgan fingerprint density at radius 3 is 2.60 bits per heavy atom. The van der Waals surface area contributed by atoms with Gasteiger partial charge in [-0.05, 0) is 26.0 Å². The number of ether oxygens (including phenoxy) is 2. The highest BCUT2D eigenvalue weighted by atomic mass is 16.7. The van der Waals surface area contributed by atoms with E-state index < -0.39 is 5.79 Å². The lowest BCUT2D eigenvalue weighted by Crippen LogP contribution is -2.66. The van der Waals surface area contributed by atoms with Crippen LogP contribution in [0.4, 0.5) is 0 Å². The Morgan fingerprint density at radius 1 is 1.20 bits per heavy atom. The largest absolute Gasteiger partial charge is 0.350 e. The summed E-state index contributed by atoms with van der Waals surface area (Å²) in [6.45, 7) is 6.14. The Morgan fingerprint density at radius 2 is 1.88 bits per heavy atom. The number of benzene rings is 1. The van der Waals surface area contributed by atoms with E-state index >= 15 is 0 Å². The fraction of sp³-hybridized carbons (Fsp3) is 0.500. The molecule has 1 amide bonds. The van der Waals surface area contributed by atoms with Crippen molar-refractivity contribution in [3.8, 4) is 0 Å². The van der Waals surface area contributed by atoms with E-state index in [1.165, 1.54) is 10.9 Å². The van der Waals surface area contributed by atoms with Gasteiger partial charge in [0.15, 0.2) is 5.79 Å². The van der Waals surface area contributed by atoms with Crippen molar-refractivity contribution in [1.82, 2.24) is 14.5 Å². The first-order valence-corrected chi connectivity index (χ1v) is 8.37. The Hall–Kier alpha value is -2.25. The van der Waals surface area contributed by atoms with Crippen molar-refractivity contribution in [2.45, 2.75) is 26.2 Å². The van der Waals surface area contributed by atoms with Crippen molar-refractivity contribution in [1.29, 1.82) is 0 Å². The number of nitrogens with zero attached hydrogens (tertiary/aromatic N) is 3. The highest BCUT2D eigenvalue weighted by Crippen LogP contribution is 2.37. The molecule has 7 heteroatoms. The molecule has 0 aliphatic carbocycles. The molecule has 1 aromatic heterocycles. The van der Waals surface area contributed by atoms with Crippen LogP contribution in [0.25, 0.3) is 10.9 Å². The Labute approximate surface area is 145 Å². The summed E-state index contributed by atoms with van der Waals surface area (Å²) in [7, 11) is 0. The van der Waals surface area contributed by atoms with E-state index in [1.54, 1.807) is 23.1 Å². The molecular formula is C18H21N3O4. The van der Waals surface area contributed by atoms with Gasteiger partial charge in [-0.3, -0.25) is 14.2 Å². The Balaban J connectivity index is 1.43. The highest BCUT2D eigenvalue weighted by Gasteiger charge is 2.50. The van der Waals surface area contributed by atoms with Gasteiger partial charge in [-0.25, -0.2) is 4.98 Å². The number of fused-ring (bicyclic) bond motifs is 1. The number of para-hydroxylation sites is 1. The molecule has 0 N–H and O–H groups in total. The van der Waals surface area contributed by atoms with Crippen LogP contribution in [0.15, 0.2) is 35.4 Å². The minimum absolute atomic E-state index is 0.0000447. The van der Waals surface area contributed by atoms with Gasteiger partial charge in [0.1, 0.15) is 6.54 Å². The van der Waals surface area contributed by atoms with Crippen LogP contribution < -0.4 is 5.56 Å². The zero-order valence-electron chi connectivity index (χ0n) is 14.4. The Bertz CT molecular complexity index is 871. The lowest BCUT2D eigenvalue weighted by atomic mass is 9.80. The number of amides is 1. The van der Waals surface area contributed by atoms with Crippen LogP contribution in [0.2, 0.25) is 0 Å². The van der Waals surface area contributed by atoms with E-state index in [0.29, 0.717) is 37.2 Å². The van der Waals surface area contributed by atoms with Crippen LogP contribution in [-0.2, 0) is 20.8 Å². The summed E-state index contributed by atoms with van der Waals surface area (Å²) in [4.78, 5) is 31.0. The SMILES string of the molecule is CC1(C)OCC2(CO1)CN(C(=O)Cn1cnc3ccccc3c1=O)C2. The van der Waals surface area contributed by atoms with Crippen molar-refractivity contribution in [2.75, 3.05) is 26.3 Å². The number of likely N-dealkylation sites (tertiary alicyclic amines) is 1. The fourth-order valence-electron chi connectivity index (χ4n) is 3.32. The van der Waals surface area contributed by atoms with Gasteiger partial charge in [-0.15, -0.1) is 0 Å². The number of hydrogen-bond acceptors (Lipinski definition) is 5. The van der Waals surface area contributed by atoms with Gasteiger partial charge in [-0.2, -0.15) is 0 Å². The van der Waals surface area contributed by atoms with E-state index in [1.807, 2.05) is 19.9 Å². The topological polar surface area (TPSA) is 73.7 Å². The molecule has 0 atom stereocenters. The fourth-order valence-corrected chi connectivity index (χ4v) is 3.32. The first-order valence-electron chi connectivity index (χ1n) is 8.37. The molecule has 132 valence electrons. The van der Waals surface area contributed by atoms with Gasteiger partial charge in [-0.1, -0.05) is 12.1 Å². The number of carbonyl (C=O) groups excluding carboxylic acids is 1. The third-order valence-corrected chi connectivity index (χ3v) is 4.89. The second-order valence-electron chi connectivity index (χ2n) is 7.42. The molecule has 2 aromatic rings. The predicted molar refractivity (Wildman–Crippen MR) is 91.0 cm³/mol. The first kappa shape index (κ1) is 16.2. The van der Waals surface area contributed by atoms with Crippen molar-refractivity contribution in [3.63, 3.8) is 0 Å². The van der Waals surface area contributed by atoms with Crippen molar-refractivity contribution in [2.24, 2.45) is 5.41 Å². The minimum atomic E-state index is -0.556. The molecule has 2 aliphatic heterocycles. The quantitative estimate of drug-likeness (QED) is 0.814. The molecule has 2 saturated heterocycles. The zero-order chi connectivity index (χ0) is 17.7. The lowest BCUT2D eigenvalue weighted by molar-refractivity contribution is -0.303. The number of carbonyl (C=O) groups is 1. The van der Waals surface area contributed by atoms with Gasteiger partial charge in [0.2, 0.25) is 5.91 Å². The van der Waals surface area contributed by atoms with Gasteiger partial charge in [0, 0.05) is 13.1 Å². The van der Waals surface area contributed by atoms with Crippen LogP contribution in [0, 0.1) is 5.41 Å². The van der Waals surface area contributed by atoms with Gasteiger partial charge in [0.25, 0.3) is 5.56 Å². The third kappa shape index (κ3) is 2.94. The number of rotatable bonds is 2. The molecule has 2 aliphatic rings. The summed E-state index contributed by atoms with van der Waals surface area (Å²) in [5.41, 5.74) is 0.330. The molecule has 0 bridgehead atoms. The molecule has 1 aromatic carbocycles. The molecule has 2 fully saturated rings. The first-order chi connectivity index (χ1) is 11.9. The molecule has 25 heavy (non-hydrogen) atoms. The van der Waals surface area contributed by atoms with Gasteiger partial charge >= 0.3 is 0 Å². The monoisotopic (exact) mass is 343 g/mol. The maximum atomic E-state index is 12.5. The minimum Gasteiger partial charge on any atom is -0.350 e. The van der Waals surface area contributed by atoms with Crippen LogP contribution in [0.3, 0.4) is 0 Å². The maximum absolute atomic E-state index is 12.5. The van der Waals surface area contributed by atoms with Crippen LogP contribution in [0.5, 0.6) is 0 Å². The summed E-state index contributed by atoms with van der Waals surface area (Å²) in [5.74, 6) is -0.644. The molecule has 0 unspecified atom stereocenters.